The SMILES string of the molecule is Cc1ccc(-c2noc(CN(C)S(=O)(=O)c3cc(C)ccc3C)n2)cc1. The fraction of sp³-hybridized carbons (Fsp3) is 0.263. The van der Waals surface area contributed by atoms with E-state index in [9.17, 15) is 8.42 Å². The van der Waals surface area contributed by atoms with E-state index in [2.05, 4.69) is 10.1 Å². The highest BCUT2D eigenvalue weighted by Gasteiger charge is 2.25. The Morgan fingerprint density at radius 1 is 1.00 bits per heavy atom. The summed E-state index contributed by atoms with van der Waals surface area (Å²) < 4.78 is 32.2. The zero-order valence-corrected chi connectivity index (χ0v) is 16.0. The molecule has 6 nitrogen and oxygen atoms in total. The predicted octanol–water partition coefficient (Wildman–Crippen LogP) is 3.48. The highest BCUT2D eigenvalue weighted by molar-refractivity contribution is 7.89. The molecule has 136 valence electrons. The van der Waals surface area contributed by atoms with Crippen LogP contribution in [0.3, 0.4) is 0 Å². The summed E-state index contributed by atoms with van der Waals surface area (Å²) in [4.78, 5) is 4.60. The fourth-order valence-electron chi connectivity index (χ4n) is 2.57. The van der Waals surface area contributed by atoms with Crippen LogP contribution in [0.1, 0.15) is 22.6 Å². The van der Waals surface area contributed by atoms with Crippen LogP contribution in [0.25, 0.3) is 11.4 Å². The maximum Gasteiger partial charge on any atom is 0.243 e. The standard InChI is InChI=1S/C19H21N3O3S/c1-13-6-9-16(10-7-13)19-20-18(25-21-19)12-22(4)26(23,24)17-11-14(2)5-8-15(17)3/h5-11H,12H2,1-4H3. The first-order valence-electron chi connectivity index (χ1n) is 8.20. The zero-order chi connectivity index (χ0) is 18.9. The van der Waals surface area contributed by atoms with Gasteiger partial charge in [0, 0.05) is 12.6 Å². The number of aromatic nitrogens is 2. The molecule has 3 rings (SSSR count). The molecule has 0 aliphatic carbocycles. The Kier molecular flexibility index (Phi) is 4.93. The summed E-state index contributed by atoms with van der Waals surface area (Å²) in [6.07, 6.45) is 0. The molecule has 0 atom stereocenters. The van der Waals surface area contributed by atoms with Gasteiger partial charge in [-0.25, -0.2) is 8.42 Å². The largest absolute Gasteiger partial charge is 0.338 e. The van der Waals surface area contributed by atoms with E-state index in [-0.39, 0.29) is 12.4 Å². The fourth-order valence-corrected chi connectivity index (χ4v) is 3.99. The Labute approximate surface area is 153 Å². The van der Waals surface area contributed by atoms with Crippen LogP contribution < -0.4 is 0 Å². The molecule has 0 radical (unpaired) electrons. The molecule has 0 spiro atoms. The third kappa shape index (κ3) is 3.68. The van der Waals surface area contributed by atoms with Crippen LogP contribution >= 0.6 is 0 Å². The molecule has 0 aliphatic rings. The summed E-state index contributed by atoms with van der Waals surface area (Å²) in [5.41, 5.74) is 3.55. The summed E-state index contributed by atoms with van der Waals surface area (Å²) in [6.45, 7) is 5.65. The van der Waals surface area contributed by atoms with Gasteiger partial charge in [0.1, 0.15) is 0 Å². The van der Waals surface area contributed by atoms with E-state index in [1.165, 1.54) is 11.4 Å². The van der Waals surface area contributed by atoms with Crippen molar-refractivity contribution in [3.63, 3.8) is 0 Å². The molecule has 0 saturated carbocycles. The van der Waals surface area contributed by atoms with E-state index in [1.54, 1.807) is 19.1 Å². The van der Waals surface area contributed by atoms with Gasteiger partial charge in [-0.2, -0.15) is 9.29 Å². The molecule has 0 aliphatic heterocycles. The number of hydrogen-bond donors (Lipinski definition) is 0. The highest BCUT2D eigenvalue weighted by atomic mass is 32.2. The van der Waals surface area contributed by atoms with Crippen molar-refractivity contribution >= 4 is 10.0 Å². The summed E-state index contributed by atoms with van der Waals surface area (Å²) in [6, 6.07) is 13.1. The lowest BCUT2D eigenvalue weighted by Gasteiger charge is -2.17. The maximum absolute atomic E-state index is 12.9. The third-order valence-corrected chi connectivity index (χ3v) is 6.11. The summed E-state index contributed by atoms with van der Waals surface area (Å²) in [5, 5.41) is 3.95. The summed E-state index contributed by atoms with van der Waals surface area (Å²) >= 11 is 0. The van der Waals surface area contributed by atoms with Crippen molar-refractivity contribution in [1.82, 2.24) is 14.4 Å². The van der Waals surface area contributed by atoms with E-state index >= 15 is 0 Å². The molecule has 0 saturated heterocycles. The minimum absolute atomic E-state index is 0.00851. The van der Waals surface area contributed by atoms with Gasteiger partial charge < -0.3 is 4.52 Å². The second kappa shape index (κ2) is 7.01. The molecule has 0 amide bonds. The first-order chi connectivity index (χ1) is 12.3. The average molecular weight is 371 g/mol. The Bertz CT molecular complexity index is 1020. The summed E-state index contributed by atoms with van der Waals surface area (Å²) in [7, 11) is -2.14. The molecule has 3 aromatic rings. The van der Waals surface area contributed by atoms with Crippen molar-refractivity contribution in [2.75, 3.05) is 7.05 Å². The monoisotopic (exact) mass is 371 g/mol. The lowest BCUT2D eigenvalue weighted by Crippen LogP contribution is -2.27. The number of aryl methyl sites for hydroxylation is 3. The van der Waals surface area contributed by atoms with Crippen LogP contribution in [-0.4, -0.2) is 29.9 Å². The van der Waals surface area contributed by atoms with Crippen molar-refractivity contribution in [1.29, 1.82) is 0 Å². The van der Waals surface area contributed by atoms with Gasteiger partial charge in [-0.15, -0.1) is 0 Å². The number of rotatable bonds is 5. The van der Waals surface area contributed by atoms with Gasteiger partial charge in [0.15, 0.2) is 0 Å². The van der Waals surface area contributed by atoms with Gasteiger partial charge in [-0.3, -0.25) is 0 Å². The number of sulfonamides is 1. The number of nitrogens with zero attached hydrogens (tertiary/aromatic N) is 3. The lowest BCUT2D eigenvalue weighted by molar-refractivity contribution is 0.336. The summed E-state index contributed by atoms with van der Waals surface area (Å²) in [5.74, 6) is 0.689. The minimum Gasteiger partial charge on any atom is -0.338 e. The molecular formula is C19H21N3O3S. The molecule has 26 heavy (non-hydrogen) atoms. The van der Waals surface area contributed by atoms with Crippen LogP contribution in [0.2, 0.25) is 0 Å². The van der Waals surface area contributed by atoms with Crippen LogP contribution in [0.5, 0.6) is 0 Å². The Morgan fingerprint density at radius 2 is 1.65 bits per heavy atom. The normalized spacial score (nSPS) is 11.9. The van der Waals surface area contributed by atoms with Gasteiger partial charge in [0.25, 0.3) is 0 Å². The molecule has 2 aromatic carbocycles. The number of hydrogen-bond acceptors (Lipinski definition) is 5. The van der Waals surface area contributed by atoms with Crippen LogP contribution in [0.15, 0.2) is 51.9 Å². The van der Waals surface area contributed by atoms with Gasteiger partial charge in [0.05, 0.1) is 11.4 Å². The van der Waals surface area contributed by atoms with Crippen LogP contribution in [0, 0.1) is 20.8 Å². The van der Waals surface area contributed by atoms with Gasteiger partial charge in [0.2, 0.25) is 21.7 Å². The second-order valence-electron chi connectivity index (χ2n) is 6.41. The van der Waals surface area contributed by atoms with Crippen molar-refractivity contribution < 1.29 is 12.9 Å². The Balaban J connectivity index is 1.82. The maximum atomic E-state index is 12.9. The molecule has 0 fully saturated rings. The van der Waals surface area contributed by atoms with E-state index in [0.717, 1.165) is 16.7 Å². The van der Waals surface area contributed by atoms with Crippen molar-refractivity contribution in [2.45, 2.75) is 32.2 Å². The molecule has 0 unspecified atom stereocenters. The molecule has 0 N–H and O–H groups in total. The predicted molar refractivity (Wildman–Crippen MR) is 99.0 cm³/mol. The van der Waals surface area contributed by atoms with E-state index in [0.29, 0.717) is 16.3 Å². The quantitative estimate of drug-likeness (QED) is 0.686. The van der Waals surface area contributed by atoms with E-state index in [1.807, 2.05) is 44.2 Å². The zero-order valence-electron chi connectivity index (χ0n) is 15.2. The third-order valence-electron chi connectivity index (χ3n) is 4.17. The molecule has 1 heterocycles. The van der Waals surface area contributed by atoms with E-state index < -0.39 is 10.0 Å². The first kappa shape index (κ1) is 18.3. The van der Waals surface area contributed by atoms with Gasteiger partial charge in [-0.05, 0) is 38.0 Å². The highest BCUT2D eigenvalue weighted by Crippen LogP contribution is 2.22. The molecule has 7 heteroatoms. The topological polar surface area (TPSA) is 76.3 Å². The molecule has 0 bridgehead atoms. The second-order valence-corrected chi connectivity index (χ2v) is 8.42. The van der Waals surface area contributed by atoms with E-state index in [4.69, 9.17) is 4.52 Å². The van der Waals surface area contributed by atoms with Crippen molar-refractivity contribution in [3.8, 4) is 11.4 Å². The van der Waals surface area contributed by atoms with Crippen molar-refractivity contribution in [3.05, 3.63) is 65.0 Å². The molecule has 1 aromatic heterocycles. The number of benzene rings is 2. The lowest BCUT2D eigenvalue weighted by atomic mass is 10.1. The Hall–Kier alpha value is -2.51. The Morgan fingerprint density at radius 3 is 2.35 bits per heavy atom. The van der Waals surface area contributed by atoms with Crippen LogP contribution in [-0.2, 0) is 16.6 Å². The molecular weight excluding hydrogens is 350 g/mol. The smallest absolute Gasteiger partial charge is 0.243 e. The average Bonchev–Trinajstić information content (AvgIpc) is 3.06. The first-order valence-corrected chi connectivity index (χ1v) is 9.64. The van der Waals surface area contributed by atoms with Gasteiger partial charge in [-0.1, -0.05) is 47.1 Å². The van der Waals surface area contributed by atoms with Crippen molar-refractivity contribution in [2.24, 2.45) is 0 Å². The minimum atomic E-state index is -3.65. The van der Waals surface area contributed by atoms with Crippen LogP contribution in [0.4, 0.5) is 0 Å². The van der Waals surface area contributed by atoms with Gasteiger partial charge >= 0.3 is 0 Å².